The molecule has 1 aromatic heterocycles. The van der Waals surface area contributed by atoms with Crippen molar-refractivity contribution in [2.45, 2.75) is 12.6 Å². The van der Waals surface area contributed by atoms with E-state index in [0.29, 0.717) is 11.3 Å². The predicted octanol–water partition coefficient (Wildman–Crippen LogP) is 4.66. The Morgan fingerprint density at radius 2 is 1.71 bits per heavy atom. The number of Topliss-reactive ketones (excluding diaryl/α,β-unsaturated/α-hetero) is 1. The molecule has 28 heavy (non-hydrogen) atoms. The standard InChI is InChI=1S/C22H16BrNO4/c23-16-10-8-14(9-11-16)19-18(20(25)15-5-2-1-3-6-15)21(26)22(27)24(19)13-17-7-4-12-28-17/h1-12,19,25H,13H2/b20-18+/t19-/m1/s1. The van der Waals surface area contributed by atoms with Gasteiger partial charge in [0.2, 0.25) is 0 Å². The van der Waals surface area contributed by atoms with Crippen molar-refractivity contribution < 1.29 is 19.1 Å². The fourth-order valence-corrected chi connectivity index (χ4v) is 3.62. The van der Waals surface area contributed by atoms with E-state index in [1.165, 1.54) is 11.2 Å². The maximum atomic E-state index is 12.9. The normalized spacial score (nSPS) is 18.6. The summed E-state index contributed by atoms with van der Waals surface area (Å²) in [7, 11) is 0. The third kappa shape index (κ3) is 3.27. The second-order valence-electron chi connectivity index (χ2n) is 6.42. The van der Waals surface area contributed by atoms with Crippen LogP contribution in [0.5, 0.6) is 0 Å². The van der Waals surface area contributed by atoms with Gasteiger partial charge in [-0.15, -0.1) is 0 Å². The van der Waals surface area contributed by atoms with E-state index in [-0.39, 0.29) is 17.9 Å². The largest absolute Gasteiger partial charge is 0.507 e. The van der Waals surface area contributed by atoms with Crippen LogP contribution in [0, 0.1) is 0 Å². The summed E-state index contributed by atoms with van der Waals surface area (Å²) in [6.07, 6.45) is 1.52. The van der Waals surface area contributed by atoms with E-state index in [1.807, 2.05) is 30.3 Å². The number of carbonyl (C=O) groups is 2. The third-order valence-corrected chi connectivity index (χ3v) is 5.21. The van der Waals surface area contributed by atoms with Gasteiger partial charge in [-0.2, -0.15) is 0 Å². The number of ketones is 1. The maximum Gasteiger partial charge on any atom is 0.296 e. The van der Waals surface area contributed by atoms with Gasteiger partial charge in [0.05, 0.1) is 24.4 Å². The summed E-state index contributed by atoms with van der Waals surface area (Å²) in [6.45, 7) is 0.129. The van der Waals surface area contributed by atoms with Gasteiger partial charge in [-0.25, -0.2) is 0 Å². The minimum Gasteiger partial charge on any atom is -0.507 e. The first-order valence-electron chi connectivity index (χ1n) is 8.68. The molecule has 6 heteroatoms. The lowest BCUT2D eigenvalue weighted by Crippen LogP contribution is -2.29. The average Bonchev–Trinajstić information content (AvgIpc) is 3.31. The monoisotopic (exact) mass is 437 g/mol. The van der Waals surface area contributed by atoms with Crippen LogP contribution in [0.15, 0.2) is 87.5 Å². The summed E-state index contributed by atoms with van der Waals surface area (Å²) in [5.74, 6) is -1.000. The number of carbonyl (C=O) groups excluding carboxylic acids is 2. The Bertz CT molecular complexity index is 1040. The van der Waals surface area contributed by atoms with Gasteiger partial charge in [-0.05, 0) is 29.8 Å². The minimum atomic E-state index is -0.710. The molecule has 1 aliphatic heterocycles. The number of aliphatic hydroxyl groups is 1. The van der Waals surface area contributed by atoms with Crippen LogP contribution in [-0.4, -0.2) is 21.7 Å². The minimum absolute atomic E-state index is 0.0741. The molecule has 3 aromatic rings. The molecule has 1 fully saturated rings. The van der Waals surface area contributed by atoms with Crippen LogP contribution in [-0.2, 0) is 16.1 Å². The lowest BCUT2D eigenvalue weighted by atomic mass is 9.95. The molecule has 0 saturated carbocycles. The summed E-state index contributed by atoms with van der Waals surface area (Å²) in [4.78, 5) is 27.1. The molecule has 0 unspecified atom stereocenters. The highest BCUT2D eigenvalue weighted by Gasteiger charge is 2.46. The molecule has 0 aliphatic carbocycles. The van der Waals surface area contributed by atoms with Crippen molar-refractivity contribution in [3.8, 4) is 0 Å². The van der Waals surface area contributed by atoms with Crippen molar-refractivity contribution in [3.05, 3.63) is 99.9 Å². The van der Waals surface area contributed by atoms with Crippen LogP contribution in [0.3, 0.4) is 0 Å². The molecule has 1 N–H and O–H groups in total. The summed E-state index contributed by atoms with van der Waals surface area (Å²) in [6, 6.07) is 18.8. The van der Waals surface area contributed by atoms with Crippen molar-refractivity contribution in [1.29, 1.82) is 0 Å². The molecule has 1 atom stereocenters. The van der Waals surface area contributed by atoms with E-state index in [1.54, 1.807) is 36.4 Å². The zero-order chi connectivity index (χ0) is 19.7. The van der Waals surface area contributed by atoms with E-state index in [9.17, 15) is 14.7 Å². The van der Waals surface area contributed by atoms with E-state index < -0.39 is 17.7 Å². The average molecular weight is 438 g/mol. The fourth-order valence-electron chi connectivity index (χ4n) is 3.36. The molecular weight excluding hydrogens is 422 g/mol. The Balaban J connectivity index is 1.86. The number of amides is 1. The fraction of sp³-hybridized carbons (Fsp3) is 0.0909. The summed E-state index contributed by atoms with van der Waals surface area (Å²) >= 11 is 3.40. The Morgan fingerprint density at radius 3 is 2.36 bits per heavy atom. The number of hydrogen-bond acceptors (Lipinski definition) is 4. The molecular formula is C22H16BrNO4. The molecule has 2 heterocycles. The van der Waals surface area contributed by atoms with Gasteiger partial charge in [-0.3, -0.25) is 9.59 Å². The van der Waals surface area contributed by atoms with Crippen LogP contribution in [0.2, 0.25) is 0 Å². The first-order chi connectivity index (χ1) is 13.6. The lowest BCUT2D eigenvalue weighted by molar-refractivity contribution is -0.140. The highest BCUT2D eigenvalue weighted by molar-refractivity contribution is 9.10. The van der Waals surface area contributed by atoms with Gasteiger partial charge in [0.25, 0.3) is 11.7 Å². The van der Waals surface area contributed by atoms with Crippen molar-refractivity contribution in [3.63, 3.8) is 0 Å². The topological polar surface area (TPSA) is 70.8 Å². The number of likely N-dealkylation sites (tertiary alicyclic amines) is 1. The van der Waals surface area contributed by atoms with Gasteiger partial charge in [0.15, 0.2) is 0 Å². The van der Waals surface area contributed by atoms with Gasteiger partial charge >= 0.3 is 0 Å². The highest BCUT2D eigenvalue weighted by Crippen LogP contribution is 2.40. The summed E-state index contributed by atoms with van der Waals surface area (Å²) < 4.78 is 6.25. The van der Waals surface area contributed by atoms with Gasteiger partial charge in [-0.1, -0.05) is 58.4 Å². The second-order valence-corrected chi connectivity index (χ2v) is 7.34. The van der Waals surface area contributed by atoms with Crippen molar-refractivity contribution in [1.82, 2.24) is 4.90 Å². The van der Waals surface area contributed by atoms with Gasteiger partial charge in [0.1, 0.15) is 11.5 Å². The van der Waals surface area contributed by atoms with Crippen molar-refractivity contribution in [2.75, 3.05) is 0 Å². The van der Waals surface area contributed by atoms with Crippen LogP contribution in [0.4, 0.5) is 0 Å². The maximum absolute atomic E-state index is 12.9. The quantitative estimate of drug-likeness (QED) is 0.365. The molecule has 1 aliphatic rings. The van der Waals surface area contributed by atoms with Crippen LogP contribution < -0.4 is 0 Å². The van der Waals surface area contributed by atoms with Gasteiger partial charge < -0.3 is 14.4 Å². The van der Waals surface area contributed by atoms with E-state index in [0.717, 1.165) is 10.0 Å². The second kappa shape index (κ2) is 7.48. The first kappa shape index (κ1) is 18.3. The molecule has 2 aromatic carbocycles. The van der Waals surface area contributed by atoms with Crippen molar-refractivity contribution in [2.24, 2.45) is 0 Å². The number of rotatable bonds is 4. The Hall–Kier alpha value is -3.12. The summed E-state index contributed by atoms with van der Waals surface area (Å²) in [5, 5.41) is 10.9. The zero-order valence-corrected chi connectivity index (χ0v) is 16.3. The van der Waals surface area contributed by atoms with Crippen LogP contribution in [0.25, 0.3) is 5.76 Å². The molecule has 0 spiro atoms. The number of furan rings is 1. The molecule has 5 nitrogen and oxygen atoms in total. The Labute approximate surface area is 170 Å². The molecule has 4 rings (SSSR count). The van der Waals surface area contributed by atoms with E-state index in [4.69, 9.17) is 4.42 Å². The first-order valence-corrected chi connectivity index (χ1v) is 9.47. The zero-order valence-electron chi connectivity index (χ0n) is 14.7. The predicted molar refractivity (Wildman–Crippen MR) is 107 cm³/mol. The Morgan fingerprint density at radius 1 is 1.00 bits per heavy atom. The number of halogens is 1. The molecule has 1 saturated heterocycles. The third-order valence-electron chi connectivity index (χ3n) is 4.68. The van der Waals surface area contributed by atoms with Gasteiger partial charge in [0, 0.05) is 10.0 Å². The van der Waals surface area contributed by atoms with E-state index in [2.05, 4.69) is 15.9 Å². The SMILES string of the molecule is O=C1C(=O)N(Cc2ccco2)[C@H](c2ccc(Br)cc2)/C1=C(\O)c1ccccc1. The Kier molecular flexibility index (Phi) is 4.88. The number of nitrogens with zero attached hydrogens (tertiary/aromatic N) is 1. The van der Waals surface area contributed by atoms with Crippen molar-refractivity contribution >= 4 is 33.4 Å². The van der Waals surface area contributed by atoms with E-state index >= 15 is 0 Å². The molecule has 0 bridgehead atoms. The van der Waals surface area contributed by atoms with Crippen LogP contribution in [0.1, 0.15) is 22.9 Å². The smallest absolute Gasteiger partial charge is 0.296 e. The highest BCUT2D eigenvalue weighted by atomic mass is 79.9. The molecule has 0 radical (unpaired) electrons. The molecule has 1 amide bonds. The number of hydrogen-bond donors (Lipinski definition) is 1. The van der Waals surface area contributed by atoms with Crippen LogP contribution >= 0.6 is 15.9 Å². The molecule has 140 valence electrons. The number of aliphatic hydroxyl groups excluding tert-OH is 1. The lowest BCUT2D eigenvalue weighted by Gasteiger charge is -2.24. The summed E-state index contributed by atoms with van der Waals surface area (Å²) in [5.41, 5.74) is 1.29. The number of benzene rings is 2.